The fourth-order valence-corrected chi connectivity index (χ4v) is 4.64. The maximum atomic E-state index is 15.1. The molecule has 0 bridgehead atoms. The number of carbonyl (C=O) groups is 1. The molecule has 4 N–H and O–H groups in total. The van der Waals surface area contributed by atoms with Crippen LogP contribution in [0.25, 0.3) is 0 Å². The average molecular weight is 401 g/mol. The molecule has 8 nitrogen and oxygen atoms in total. The number of carbonyl (C=O) groups excluding carboxylic acids is 1. The van der Waals surface area contributed by atoms with E-state index in [1.807, 2.05) is 0 Å². The van der Waals surface area contributed by atoms with Gasteiger partial charge in [0.2, 0.25) is 0 Å². The predicted molar refractivity (Wildman–Crippen MR) is 97.2 cm³/mol. The number of amides is 1. The first-order valence-electron chi connectivity index (χ1n) is 8.80. The molecule has 1 aliphatic carbocycles. The van der Waals surface area contributed by atoms with Gasteiger partial charge in [-0.25, -0.2) is 13.4 Å². The average Bonchev–Trinajstić information content (AvgIpc) is 2.79. The molecule has 0 aromatic heterocycles. The van der Waals surface area contributed by atoms with Gasteiger partial charge in [-0.1, -0.05) is 0 Å². The number of benzene rings is 1. The van der Waals surface area contributed by atoms with Crippen LogP contribution in [0.4, 0.5) is 10.1 Å². The van der Waals surface area contributed by atoms with Crippen molar-refractivity contribution in [3.05, 3.63) is 23.0 Å². The molecule has 1 unspecified atom stereocenters. The third kappa shape index (κ3) is 4.17. The van der Waals surface area contributed by atoms with Crippen molar-refractivity contribution >= 4 is 21.8 Å². The summed E-state index contributed by atoms with van der Waals surface area (Å²) in [5, 5.41) is 23.3. The van der Waals surface area contributed by atoms with E-state index in [1.165, 1.54) is 6.07 Å². The molecule has 2 aliphatic rings. The highest BCUT2D eigenvalue weighted by atomic mass is 32.2. The lowest BCUT2D eigenvalue weighted by Crippen LogP contribution is -2.38. The number of aryl methyl sites for hydroxylation is 1. The number of nitrogens with zero attached hydrogens (tertiary/aromatic N) is 1. The number of halogens is 1. The van der Waals surface area contributed by atoms with Crippen molar-refractivity contribution < 1.29 is 27.8 Å². The number of fused-ring (bicyclic) bond motifs is 1. The molecular weight excluding hydrogens is 377 g/mol. The summed E-state index contributed by atoms with van der Waals surface area (Å²) in [7, 11) is -4.21. The van der Waals surface area contributed by atoms with Crippen molar-refractivity contribution in [3.63, 3.8) is 0 Å². The van der Waals surface area contributed by atoms with Gasteiger partial charge in [0.25, 0.3) is 5.91 Å². The van der Waals surface area contributed by atoms with Gasteiger partial charge in [-0.3, -0.25) is 4.79 Å². The zero-order chi connectivity index (χ0) is 20.0. The highest BCUT2D eigenvalue weighted by Crippen LogP contribution is 2.39. The highest BCUT2D eigenvalue weighted by Gasteiger charge is 2.39. The van der Waals surface area contributed by atoms with E-state index in [4.69, 9.17) is 0 Å². The monoisotopic (exact) mass is 401 g/mol. The summed E-state index contributed by atoms with van der Waals surface area (Å²) in [6.07, 6.45) is 2.14. The van der Waals surface area contributed by atoms with Crippen LogP contribution in [0.2, 0.25) is 0 Å². The first-order chi connectivity index (χ1) is 12.5. The largest absolute Gasteiger partial charge is 0.506 e. The minimum Gasteiger partial charge on any atom is -0.506 e. The van der Waals surface area contributed by atoms with Crippen molar-refractivity contribution in [2.24, 2.45) is 0 Å². The van der Waals surface area contributed by atoms with Gasteiger partial charge >= 0.3 is 10.2 Å². The predicted octanol–water partition coefficient (Wildman–Crippen LogP) is 0.320. The van der Waals surface area contributed by atoms with Crippen molar-refractivity contribution in [1.82, 2.24) is 10.0 Å². The zero-order valence-corrected chi connectivity index (χ0v) is 16.1. The fraction of sp³-hybridized carbons (Fsp3) is 0.588. The second-order valence-electron chi connectivity index (χ2n) is 7.69. The minimum atomic E-state index is -4.21. The van der Waals surface area contributed by atoms with Gasteiger partial charge in [-0.05, 0) is 63.3 Å². The standard InChI is InChI=1S/C17H24FN3O5S/c1-17(2,24)5-6-19-11-4-3-10-7-13(22)16(15(18)12(10)8-11)21-9-14(23)20-27(21,25)26/h7,11,19,22,24H,3-6,8-9H2,1-2H3,(H,20,23). The van der Waals surface area contributed by atoms with Crippen LogP contribution in [-0.4, -0.2) is 49.3 Å². The number of phenolic OH excluding ortho intramolecular Hbond substituents is 1. The molecule has 1 saturated heterocycles. The summed E-state index contributed by atoms with van der Waals surface area (Å²) in [5.41, 5.74) is -0.327. The summed E-state index contributed by atoms with van der Waals surface area (Å²) in [5.74, 6) is -2.10. The van der Waals surface area contributed by atoms with Gasteiger partial charge in [-0.15, -0.1) is 0 Å². The number of anilines is 1. The molecule has 1 aromatic carbocycles. The van der Waals surface area contributed by atoms with Crippen LogP contribution in [-0.2, 0) is 27.8 Å². The summed E-state index contributed by atoms with van der Waals surface area (Å²) < 4.78 is 41.5. The molecule has 0 spiro atoms. The Hall–Kier alpha value is -1.91. The fourth-order valence-electron chi connectivity index (χ4n) is 3.48. The van der Waals surface area contributed by atoms with Gasteiger partial charge in [0.1, 0.15) is 18.0 Å². The Bertz CT molecular complexity index is 866. The molecule has 0 radical (unpaired) electrons. The smallest absolute Gasteiger partial charge is 0.326 e. The molecule has 3 rings (SSSR count). The summed E-state index contributed by atoms with van der Waals surface area (Å²) in [6.45, 7) is 3.42. The van der Waals surface area contributed by atoms with E-state index in [1.54, 1.807) is 18.6 Å². The molecule has 1 aromatic rings. The third-order valence-electron chi connectivity index (χ3n) is 4.87. The quantitative estimate of drug-likeness (QED) is 0.564. The molecule has 0 saturated carbocycles. The lowest BCUT2D eigenvalue weighted by atomic mass is 9.87. The maximum Gasteiger partial charge on any atom is 0.326 e. The molecule has 1 atom stereocenters. The Kier molecular flexibility index (Phi) is 5.08. The van der Waals surface area contributed by atoms with Gasteiger partial charge in [0.05, 0.1) is 5.60 Å². The van der Waals surface area contributed by atoms with Crippen molar-refractivity contribution in [2.45, 2.75) is 51.2 Å². The van der Waals surface area contributed by atoms with Crippen LogP contribution < -0.4 is 14.3 Å². The van der Waals surface area contributed by atoms with E-state index >= 15 is 4.39 Å². The Balaban J connectivity index is 1.85. The van der Waals surface area contributed by atoms with Gasteiger partial charge in [0, 0.05) is 6.04 Å². The van der Waals surface area contributed by atoms with E-state index < -0.39 is 45.5 Å². The second kappa shape index (κ2) is 6.92. The number of aliphatic hydroxyl groups is 1. The van der Waals surface area contributed by atoms with E-state index in [-0.39, 0.29) is 6.04 Å². The van der Waals surface area contributed by atoms with Gasteiger partial charge < -0.3 is 15.5 Å². The van der Waals surface area contributed by atoms with E-state index in [0.717, 1.165) is 6.42 Å². The van der Waals surface area contributed by atoms with Crippen LogP contribution in [0.15, 0.2) is 6.07 Å². The highest BCUT2D eigenvalue weighted by molar-refractivity contribution is 7.92. The molecule has 1 heterocycles. The van der Waals surface area contributed by atoms with Crippen molar-refractivity contribution in [3.8, 4) is 5.75 Å². The third-order valence-corrected chi connectivity index (χ3v) is 6.24. The van der Waals surface area contributed by atoms with E-state index in [9.17, 15) is 23.4 Å². The number of phenols is 1. The van der Waals surface area contributed by atoms with Crippen LogP contribution >= 0.6 is 0 Å². The van der Waals surface area contributed by atoms with Crippen molar-refractivity contribution in [2.75, 3.05) is 17.4 Å². The van der Waals surface area contributed by atoms with Crippen LogP contribution in [0, 0.1) is 5.82 Å². The first kappa shape index (κ1) is 19.8. The Labute approximate surface area is 157 Å². The van der Waals surface area contributed by atoms with E-state index in [2.05, 4.69) is 5.32 Å². The molecular formula is C17H24FN3O5S. The van der Waals surface area contributed by atoms with Crippen LogP contribution in [0.3, 0.4) is 0 Å². The molecule has 27 heavy (non-hydrogen) atoms. The van der Waals surface area contributed by atoms with Crippen LogP contribution in [0.1, 0.15) is 37.8 Å². The van der Waals surface area contributed by atoms with Crippen molar-refractivity contribution in [1.29, 1.82) is 0 Å². The lowest BCUT2D eigenvalue weighted by Gasteiger charge is -2.29. The Morgan fingerprint density at radius 3 is 2.74 bits per heavy atom. The normalized spacial score (nSPS) is 21.9. The van der Waals surface area contributed by atoms with Gasteiger partial charge in [-0.2, -0.15) is 8.42 Å². The molecule has 1 aliphatic heterocycles. The van der Waals surface area contributed by atoms with Crippen LogP contribution in [0.5, 0.6) is 5.75 Å². The summed E-state index contributed by atoms with van der Waals surface area (Å²) in [6, 6.07) is 1.35. The Morgan fingerprint density at radius 1 is 1.44 bits per heavy atom. The first-order valence-corrected chi connectivity index (χ1v) is 10.2. The molecule has 150 valence electrons. The number of hydrogen-bond acceptors (Lipinski definition) is 6. The molecule has 1 fully saturated rings. The number of nitrogens with one attached hydrogen (secondary N) is 2. The number of aromatic hydroxyl groups is 1. The number of rotatable bonds is 5. The summed E-state index contributed by atoms with van der Waals surface area (Å²) in [4.78, 5) is 11.4. The summed E-state index contributed by atoms with van der Waals surface area (Å²) >= 11 is 0. The van der Waals surface area contributed by atoms with Gasteiger partial charge in [0.15, 0.2) is 5.82 Å². The Morgan fingerprint density at radius 2 is 2.15 bits per heavy atom. The molecule has 1 amide bonds. The second-order valence-corrected chi connectivity index (χ2v) is 9.28. The number of hydrogen-bond donors (Lipinski definition) is 4. The van der Waals surface area contributed by atoms with E-state index in [0.29, 0.717) is 41.2 Å². The zero-order valence-electron chi connectivity index (χ0n) is 15.2. The lowest BCUT2D eigenvalue weighted by molar-refractivity contribution is -0.117. The SMILES string of the molecule is CC(C)(O)CCNC1CCc2cc(O)c(N3CC(=O)NS3(=O)=O)c(F)c2C1. The minimum absolute atomic E-state index is 0.0262. The maximum absolute atomic E-state index is 15.1. The molecule has 10 heteroatoms. The topological polar surface area (TPSA) is 119 Å².